The van der Waals surface area contributed by atoms with Crippen LogP contribution in [0.25, 0.3) is 0 Å². The van der Waals surface area contributed by atoms with Crippen molar-refractivity contribution in [3.8, 4) is 0 Å². The molecule has 1 aliphatic carbocycles. The van der Waals surface area contributed by atoms with E-state index in [1.807, 2.05) is 0 Å². The van der Waals surface area contributed by atoms with Crippen LogP contribution in [0.2, 0.25) is 0 Å². The molecule has 4 nitrogen and oxygen atoms in total. The molecular formula is C13H26N4+2. The van der Waals surface area contributed by atoms with Gasteiger partial charge in [-0.05, 0) is 25.7 Å². The van der Waals surface area contributed by atoms with Gasteiger partial charge < -0.3 is 5.32 Å². The average Bonchev–Trinajstić information content (AvgIpc) is 2.57. The fourth-order valence-corrected chi connectivity index (χ4v) is 3.43. The first-order valence-corrected chi connectivity index (χ1v) is 7.35. The van der Waals surface area contributed by atoms with Crippen LogP contribution in [-0.2, 0) is 0 Å². The molecule has 0 bridgehead atoms. The van der Waals surface area contributed by atoms with Gasteiger partial charge in [0.15, 0.2) is 0 Å². The summed E-state index contributed by atoms with van der Waals surface area (Å²) in [6.07, 6.45) is 6.85. The highest BCUT2D eigenvalue weighted by Gasteiger charge is 2.36. The van der Waals surface area contributed by atoms with Gasteiger partial charge in [-0.1, -0.05) is 0 Å². The van der Waals surface area contributed by atoms with E-state index in [1.165, 1.54) is 64.1 Å². The van der Waals surface area contributed by atoms with Crippen LogP contribution in [-0.4, -0.2) is 55.5 Å². The highest BCUT2D eigenvalue weighted by Crippen LogP contribution is 2.17. The second-order valence-corrected chi connectivity index (χ2v) is 5.76. The Bertz CT molecular complexity index is 281. The van der Waals surface area contributed by atoms with Crippen molar-refractivity contribution in [3.05, 3.63) is 0 Å². The zero-order valence-corrected chi connectivity index (χ0v) is 10.8. The molecule has 3 aliphatic rings. The van der Waals surface area contributed by atoms with Crippen molar-refractivity contribution in [3.63, 3.8) is 0 Å². The molecule has 3 rings (SSSR count). The topological polar surface area (TPSA) is 45.9 Å². The lowest BCUT2D eigenvalue weighted by atomic mass is 9.92. The van der Waals surface area contributed by atoms with Crippen LogP contribution in [0.5, 0.6) is 0 Å². The molecule has 2 fully saturated rings. The molecule has 4 heteroatoms. The maximum atomic E-state index is 3.71. The van der Waals surface area contributed by atoms with E-state index >= 15 is 0 Å². The van der Waals surface area contributed by atoms with Crippen LogP contribution >= 0.6 is 0 Å². The van der Waals surface area contributed by atoms with Gasteiger partial charge in [0, 0.05) is 19.5 Å². The minimum atomic E-state index is 0.720. The van der Waals surface area contributed by atoms with Gasteiger partial charge in [0.25, 0.3) is 5.84 Å². The summed E-state index contributed by atoms with van der Waals surface area (Å²) in [5.41, 5.74) is 0. The largest absolute Gasteiger partial charge is 0.345 e. The van der Waals surface area contributed by atoms with Crippen molar-refractivity contribution in [2.45, 2.75) is 44.2 Å². The molecule has 0 amide bonds. The number of amidine groups is 1. The van der Waals surface area contributed by atoms with Crippen LogP contribution in [0.4, 0.5) is 0 Å². The maximum absolute atomic E-state index is 3.71. The van der Waals surface area contributed by atoms with E-state index in [0.29, 0.717) is 0 Å². The molecule has 2 atom stereocenters. The number of nitrogens with two attached hydrogens (primary N) is 1. The minimum absolute atomic E-state index is 0.720. The first-order chi connectivity index (χ1) is 8.42. The van der Waals surface area contributed by atoms with Gasteiger partial charge >= 0.3 is 0 Å². The van der Waals surface area contributed by atoms with E-state index in [2.05, 4.69) is 20.5 Å². The smallest absolute Gasteiger partial charge is 0.257 e. The molecule has 1 saturated carbocycles. The summed E-state index contributed by atoms with van der Waals surface area (Å²) in [4.78, 5) is 6.31. The van der Waals surface area contributed by atoms with E-state index in [4.69, 9.17) is 0 Å². The Kier molecular flexibility index (Phi) is 3.62. The Morgan fingerprint density at radius 1 is 1.18 bits per heavy atom. The van der Waals surface area contributed by atoms with Gasteiger partial charge in [-0.3, -0.25) is 15.2 Å². The summed E-state index contributed by atoms with van der Waals surface area (Å²) < 4.78 is 0. The molecule has 0 spiro atoms. The second-order valence-electron chi connectivity index (χ2n) is 5.76. The van der Waals surface area contributed by atoms with Crippen molar-refractivity contribution in [1.29, 1.82) is 0 Å². The third kappa shape index (κ3) is 2.80. The van der Waals surface area contributed by atoms with Crippen molar-refractivity contribution in [1.82, 2.24) is 10.2 Å². The molecule has 2 heterocycles. The standard InChI is InChI=1S/C13H24N4/c1-2-5-12-11(4-1)15-13(16-12)10-17-8-3-6-14-7-9-17/h11-12,14H,1-10H2,(H,15,16)/p+2. The van der Waals surface area contributed by atoms with Crippen molar-refractivity contribution in [2.24, 2.45) is 0 Å². The number of rotatable bonds is 2. The fourth-order valence-electron chi connectivity index (χ4n) is 3.43. The number of nitrogens with one attached hydrogen (secondary N) is 2. The van der Waals surface area contributed by atoms with E-state index in [1.54, 1.807) is 0 Å². The van der Waals surface area contributed by atoms with Crippen molar-refractivity contribution < 1.29 is 10.3 Å². The number of nitrogens with zero attached hydrogens (tertiary/aromatic N) is 1. The number of hydrogen-bond donors (Lipinski definition) is 3. The molecule has 0 aromatic heterocycles. The van der Waals surface area contributed by atoms with Crippen molar-refractivity contribution >= 4 is 5.84 Å². The Hall–Kier alpha value is -0.610. The summed E-state index contributed by atoms with van der Waals surface area (Å²) in [6.45, 7) is 6.18. The Morgan fingerprint density at radius 3 is 3.06 bits per heavy atom. The third-order valence-electron chi connectivity index (χ3n) is 4.40. The Balaban J connectivity index is 1.54. The first kappa shape index (κ1) is 11.5. The summed E-state index contributed by atoms with van der Waals surface area (Å²) in [5.74, 6) is 1.39. The molecule has 96 valence electrons. The average molecular weight is 238 g/mol. The van der Waals surface area contributed by atoms with Crippen LogP contribution in [0.3, 0.4) is 0 Å². The van der Waals surface area contributed by atoms with E-state index in [0.717, 1.165) is 18.6 Å². The van der Waals surface area contributed by atoms with Gasteiger partial charge in [-0.15, -0.1) is 0 Å². The third-order valence-corrected chi connectivity index (χ3v) is 4.40. The lowest BCUT2D eigenvalue weighted by Crippen LogP contribution is -2.84. The van der Waals surface area contributed by atoms with Gasteiger partial charge in [-0.2, -0.15) is 0 Å². The lowest BCUT2D eigenvalue weighted by molar-refractivity contribution is -0.651. The maximum Gasteiger partial charge on any atom is 0.257 e. The van der Waals surface area contributed by atoms with E-state index in [9.17, 15) is 0 Å². The molecule has 4 N–H and O–H groups in total. The predicted molar refractivity (Wildman–Crippen MR) is 67.9 cm³/mol. The second kappa shape index (κ2) is 5.36. The summed E-state index contributed by atoms with van der Waals surface area (Å²) in [6, 6.07) is 1.44. The molecule has 17 heavy (non-hydrogen) atoms. The summed E-state index contributed by atoms with van der Waals surface area (Å²) in [5, 5.41) is 6.16. The molecule has 1 saturated heterocycles. The summed E-state index contributed by atoms with van der Waals surface area (Å²) >= 11 is 0. The highest BCUT2D eigenvalue weighted by molar-refractivity contribution is 5.80. The zero-order chi connectivity index (χ0) is 11.5. The van der Waals surface area contributed by atoms with Gasteiger partial charge in [0.05, 0.1) is 19.6 Å². The normalized spacial score (nSPS) is 34.7. The number of fused-ring (bicyclic) bond motifs is 1. The van der Waals surface area contributed by atoms with Crippen LogP contribution < -0.4 is 15.6 Å². The van der Waals surface area contributed by atoms with E-state index < -0.39 is 0 Å². The molecular weight excluding hydrogens is 212 g/mol. The first-order valence-electron chi connectivity index (χ1n) is 7.35. The highest BCUT2D eigenvalue weighted by atomic mass is 15.2. The minimum Gasteiger partial charge on any atom is -0.345 e. The van der Waals surface area contributed by atoms with Crippen LogP contribution in [0.1, 0.15) is 32.1 Å². The van der Waals surface area contributed by atoms with Gasteiger partial charge in [0.1, 0.15) is 12.1 Å². The van der Waals surface area contributed by atoms with E-state index in [-0.39, 0.29) is 0 Å². The predicted octanol–water partition coefficient (Wildman–Crippen LogP) is -2.35. The molecule has 0 radical (unpaired) electrons. The molecule has 0 aromatic rings. The van der Waals surface area contributed by atoms with Gasteiger partial charge in [0.2, 0.25) is 0 Å². The molecule has 2 aliphatic heterocycles. The van der Waals surface area contributed by atoms with Crippen LogP contribution in [0.15, 0.2) is 0 Å². The Morgan fingerprint density at radius 2 is 2.12 bits per heavy atom. The quantitative estimate of drug-likeness (QED) is 0.504. The monoisotopic (exact) mass is 238 g/mol. The van der Waals surface area contributed by atoms with Crippen molar-refractivity contribution in [2.75, 3.05) is 32.7 Å². The number of hydrogen-bond acceptors (Lipinski definition) is 2. The number of quaternary nitrogens is 1. The Labute approximate surface area is 104 Å². The lowest BCUT2D eigenvalue weighted by Gasteiger charge is -2.19. The summed E-state index contributed by atoms with van der Waals surface area (Å²) in [7, 11) is 0. The van der Waals surface area contributed by atoms with Gasteiger partial charge in [-0.25, -0.2) is 0 Å². The SMILES string of the molecule is C1CCC2[NH+]=C(CN3CCC[NH2+]CC3)NC2C1. The zero-order valence-electron chi connectivity index (χ0n) is 10.8. The molecule has 2 unspecified atom stereocenters. The fraction of sp³-hybridized carbons (Fsp3) is 0.923. The molecule has 0 aromatic carbocycles. The van der Waals surface area contributed by atoms with Crippen LogP contribution in [0, 0.1) is 0 Å².